The molecule has 0 amide bonds. The minimum Gasteiger partial charge on any atom is -0.496 e. The molecule has 0 bridgehead atoms. The van der Waals surface area contributed by atoms with E-state index < -0.39 is 0 Å². The normalized spacial score (nSPS) is 18.3. The average molecular weight is 234 g/mol. The van der Waals surface area contributed by atoms with Gasteiger partial charge in [-0.3, -0.25) is 4.90 Å². The number of rotatable bonds is 4. The van der Waals surface area contributed by atoms with Crippen molar-refractivity contribution in [1.82, 2.24) is 4.90 Å². The summed E-state index contributed by atoms with van der Waals surface area (Å²) < 4.78 is 5.54. The Bertz CT molecular complexity index is 372. The number of aryl methyl sites for hydroxylation is 1. The van der Waals surface area contributed by atoms with Crippen LogP contribution >= 0.6 is 0 Å². The third-order valence-electron chi connectivity index (χ3n) is 3.61. The summed E-state index contributed by atoms with van der Waals surface area (Å²) in [6, 6.07) is 6.61. The SMILES string of the molecule is COc1c(C)cccc1C(CN)N1CCCC1. The van der Waals surface area contributed by atoms with Crippen molar-refractivity contribution in [3.8, 4) is 5.75 Å². The second kappa shape index (κ2) is 5.52. The highest BCUT2D eigenvalue weighted by Gasteiger charge is 2.25. The van der Waals surface area contributed by atoms with Crippen molar-refractivity contribution in [2.75, 3.05) is 26.7 Å². The lowest BCUT2D eigenvalue weighted by molar-refractivity contribution is 0.245. The van der Waals surface area contributed by atoms with E-state index in [9.17, 15) is 0 Å². The van der Waals surface area contributed by atoms with Gasteiger partial charge in [0.15, 0.2) is 0 Å². The van der Waals surface area contributed by atoms with E-state index in [1.54, 1.807) is 7.11 Å². The first kappa shape index (κ1) is 12.4. The van der Waals surface area contributed by atoms with Crippen LogP contribution < -0.4 is 10.5 Å². The zero-order valence-electron chi connectivity index (χ0n) is 10.8. The third kappa shape index (κ3) is 2.45. The fourth-order valence-electron chi connectivity index (χ4n) is 2.74. The first-order chi connectivity index (χ1) is 8.27. The Labute approximate surface area is 104 Å². The van der Waals surface area contributed by atoms with Crippen LogP contribution in [0.5, 0.6) is 5.75 Å². The number of hydrogen-bond donors (Lipinski definition) is 1. The van der Waals surface area contributed by atoms with Gasteiger partial charge in [0.1, 0.15) is 5.75 Å². The van der Waals surface area contributed by atoms with Gasteiger partial charge in [0.2, 0.25) is 0 Å². The molecule has 1 atom stereocenters. The van der Waals surface area contributed by atoms with Gasteiger partial charge >= 0.3 is 0 Å². The summed E-state index contributed by atoms with van der Waals surface area (Å²) in [5.74, 6) is 0.995. The van der Waals surface area contributed by atoms with E-state index in [-0.39, 0.29) is 0 Å². The molecule has 1 aliphatic heterocycles. The van der Waals surface area contributed by atoms with Crippen LogP contribution in [-0.4, -0.2) is 31.6 Å². The quantitative estimate of drug-likeness (QED) is 0.867. The summed E-state index contributed by atoms with van der Waals surface area (Å²) in [6.07, 6.45) is 2.56. The van der Waals surface area contributed by atoms with Gasteiger partial charge in [-0.1, -0.05) is 18.2 Å². The summed E-state index contributed by atoms with van der Waals surface area (Å²) >= 11 is 0. The lowest BCUT2D eigenvalue weighted by Crippen LogP contribution is -2.31. The van der Waals surface area contributed by atoms with Gasteiger partial charge < -0.3 is 10.5 Å². The van der Waals surface area contributed by atoms with Crippen molar-refractivity contribution in [3.63, 3.8) is 0 Å². The second-order valence-corrected chi connectivity index (χ2v) is 4.69. The second-order valence-electron chi connectivity index (χ2n) is 4.69. The van der Waals surface area contributed by atoms with Crippen LogP contribution in [0.25, 0.3) is 0 Å². The van der Waals surface area contributed by atoms with E-state index >= 15 is 0 Å². The zero-order chi connectivity index (χ0) is 12.3. The number of para-hydroxylation sites is 1. The lowest BCUT2D eigenvalue weighted by Gasteiger charge is -2.28. The molecule has 0 spiro atoms. The van der Waals surface area contributed by atoms with Gasteiger partial charge in [-0.15, -0.1) is 0 Å². The van der Waals surface area contributed by atoms with E-state index in [4.69, 9.17) is 10.5 Å². The Balaban J connectivity index is 2.32. The van der Waals surface area contributed by atoms with Crippen molar-refractivity contribution in [3.05, 3.63) is 29.3 Å². The maximum atomic E-state index is 5.96. The van der Waals surface area contributed by atoms with Crippen LogP contribution in [0.2, 0.25) is 0 Å². The van der Waals surface area contributed by atoms with Crippen LogP contribution in [0.1, 0.15) is 30.0 Å². The molecule has 94 valence electrons. The molecule has 3 nitrogen and oxygen atoms in total. The predicted octanol–water partition coefficient (Wildman–Crippen LogP) is 2.10. The van der Waals surface area contributed by atoms with Gasteiger partial charge in [0.25, 0.3) is 0 Å². The number of likely N-dealkylation sites (tertiary alicyclic amines) is 1. The first-order valence-electron chi connectivity index (χ1n) is 6.35. The van der Waals surface area contributed by atoms with Crippen LogP contribution in [0.15, 0.2) is 18.2 Å². The Hall–Kier alpha value is -1.06. The highest BCUT2D eigenvalue weighted by atomic mass is 16.5. The largest absolute Gasteiger partial charge is 0.496 e. The molecule has 1 aromatic rings. The molecule has 0 saturated carbocycles. The van der Waals surface area contributed by atoms with Gasteiger partial charge in [0.05, 0.1) is 13.2 Å². The predicted molar refractivity (Wildman–Crippen MR) is 70.3 cm³/mol. The molecule has 1 aliphatic rings. The van der Waals surface area contributed by atoms with Crippen molar-refractivity contribution < 1.29 is 4.74 Å². The molecule has 1 fully saturated rings. The maximum Gasteiger partial charge on any atom is 0.126 e. The molecule has 1 unspecified atom stereocenters. The minimum atomic E-state index is 0.298. The third-order valence-corrected chi connectivity index (χ3v) is 3.61. The van der Waals surface area contributed by atoms with Gasteiger partial charge in [-0.25, -0.2) is 0 Å². The molecule has 3 heteroatoms. The number of methoxy groups -OCH3 is 1. The van der Waals surface area contributed by atoms with Gasteiger partial charge in [0, 0.05) is 12.1 Å². The summed E-state index contributed by atoms with van der Waals surface area (Å²) in [6.45, 7) is 5.04. The molecule has 2 rings (SSSR count). The topological polar surface area (TPSA) is 38.5 Å². The number of nitrogens with two attached hydrogens (primary N) is 1. The maximum absolute atomic E-state index is 5.96. The highest BCUT2D eigenvalue weighted by Crippen LogP contribution is 2.33. The minimum absolute atomic E-state index is 0.298. The molecule has 17 heavy (non-hydrogen) atoms. The summed E-state index contributed by atoms with van der Waals surface area (Å²) in [5.41, 5.74) is 8.38. The van der Waals surface area contributed by atoms with Crippen LogP contribution in [0.4, 0.5) is 0 Å². The van der Waals surface area contributed by atoms with Crippen molar-refractivity contribution in [2.45, 2.75) is 25.8 Å². The van der Waals surface area contributed by atoms with Crippen molar-refractivity contribution in [1.29, 1.82) is 0 Å². The standard InChI is InChI=1S/C14H22N2O/c1-11-6-5-7-12(14(11)17-2)13(10-15)16-8-3-4-9-16/h5-7,13H,3-4,8-10,15H2,1-2H3. The molecule has 1 aromatic carbocycles. The fourth-order valence-corrected chi connectivity index (χ4v) is 2.74. The van der Waals surface area contributed by atoms with Crippen LogP contribution in [0.3, 0.4) is 0 Å². The molecule has 0 aromatic heterocycles. The smallest absolute Gasteiger partial charge is 0.126 e. The summed E-state index contributed by atoms with van der Waals surface area (Å²) in [7, 11) is 1.74. The Morgan fingerprint density at radius 2 is 2.06 bits per heavy atom. The zero-order valence-corrected chi connectivity index (χ0v) is 10.8. The molecular weight excluding hydrogens is 212 g/mol. The van der Waals surface area contributed by atoms with Gasteiger partial charge in [-0.05, 0) is 38.4 Å². The molecule has 1 heterocycles. The van der Waals surface area contributed by atoms with E-state index in [2.05, 4.69) is 30.0 Å². The first-order valence-corrected chi connectivity index (χ1v) is 6.35. The van der Waals surface area contributed by atoms with Crippen LogP contribution in [0, 0.1) is 6.92 Å². The fraction of sp³-hybridized carbons (Fsp3) is 0.571. The van der Waals surface area contributed by atoms with Crippen molar-refractivity contribution >= 4 is 0 Å². The van der Waals surface area contributed by atoms with Crippen LogP contribution in [-0.2, 0) is 0 Å². The summed E-state index contributed by atoms with van der Waals surface area (Å²) in [5, 5.41) is 0. The highest BCUT2D eigenvalue weighted by molar-refractivity contribution is 5.42. The summed E-state index contributed by atoms with van der Waals surface area (Å²) in [4.78, 5) is 2.47. The molecule has 0 aliphatic carbocycles. The number of nitrogens with zero attached hydrogens (tertiary/aromatic N) is 1. The lowest BCUT2D eigenvalue weighted by atomic mass is 10.0. The van der Waals surface area contributed by atoms with E-state index in [1.165, 1.54) is 24.0 Å². The molecule has 2 N–H and O–H groups in total. The monoisotopic (exact) mass is 234 g/mol. The Morgan fingerprint density at radius 1 is 1.35 bits per heavy atom. The Kier molecular flexibility index (Phi) is 4.02. The van der Waals surface area contributed by atoms with E-state index in [1.807, 2.05) is 0 Å². The van der Waals surface area contributed by atoms with E-state index in [0.29, 0.717) is 12.6 Å². The number of ether oxygens (including phenoxy) is 1. The molecular formula is C14H22N2O. The number of hydrogen-bond acceptors (Lipinski definition) is 3. The molecule has 1 saturated heterocycles. The van der Waals surface area contributed by atoms with Crippen molar-refractivity contribution in [2.24, 2.45) is 5.73 Å². The van der Waals surface area contributed by atoms with E-state index in [0.717, 1.165) is 18.8 Å². The average Bonchev–Trinajstić information content (AvgIpc) is 2.84. The Morgan fingerprint density at radius 3 is 2.65 bits per heavy atom. The molecule has 0 radical (unpaired) electrons. The number of benzene rings is 1. The van der Waals surface area contributed by atoms with Gasteiger partial charge in [-0.2, -0.15) is 0 Å².